The highest BCUT2D eigenvalue weighted by atomic mass is 16.5. The highest BCUT2D eigenvalue weighted by molar-refractivity contribution is 6.38. The minimum Gasteiger partial charge on any atom is -0.355 e. The highest BCUT2D eigenvalue weighted by Gasteiger charge is 2.33. The van der Waals surface area contributed by atoms with Crippen LogP contribution in [0.15, 0.2) is 65.2 Å². The van der Waals surface area contributed by atoms with Crippen LogP contribution >= 0.6 is 0 Å². The first kappa shape index (κ1) is 20.5. The first-order chi connectivity index (χ1) is 15.0. The van der Waals surface area contributed by atoms with Crippen molar-refractivity contribution in [1.29, 1.82) is 0 Å². The van der Waals surface area contributed by atoms with E-state index in [1.54, 1.807) is 6.92 Å². The maximum atomic E-state index is 13.2. The van der Waals surface area contributed by atoms with E-state index < -0.39 is 23.6 Å². The summed E-state index contributed by atoms with van der Waals surface area (Å²) in [5.41, 5.74) is 2.20. The number of Topliss-reactive ketones (excluding diaryl/α,β-unsaturated/α-hetero) is 1. The van der Waals surface area contributed by atoms with Crippen molar-refractivity contribution < 1.29 is 18.9 Å². The Bertz CT molecular complexity index is 1090. The Morgan fingerprint density at radius 1 is 1.03 bits per heavy atom. The van der Waals surface area contributed by atoms with Crippen LogP contribution in [0.1, 0.15) is 34.5 Å². The van der Waals surface area contributed by atoms with Gasteiger partial charge in [0.25, 0.3) is 11.8 Å². The molecule has 2 aromatic carbocycles. The third-order valence-corrected chi connectivity index (χ3v) is 5.17. The minimum atomic E-state index is -1.01. The molecule has 2 amide bonds. The second-order valence-corrected chi connectivity index (χ2v) is 7.67. The van der Waals surface area contributed by atoms with E-state index in [4.69, 9.17) is 4.52 Å². The van der Waals surface area contributed by atoms with E-state index >= 15 is 0 Å². The molecule has 3 aromatic rings. The van der Waals surface area contributed by atoms with Gasteiger partial charge in [0.2, 0.25) is 5.78 Å². The smallest absolute Gasteiger partial charge is 0.289 e. The van der Waals surface area contributed by atoms with Gasteiger partial charge in [-0.25, -0.2) is 0 Å². The van der Waals surface area contributed by atoms with Crippen molar-refractivity contribution in [2.75, 3.05) is 0 Å². The summed E-state index contributed by atoms with van der Waals surface area (Å²) in [6.07, 6.45) is 1.94. The summed E-state index contributed by atoms with van der Waals surface area (Å²) in [5, 5.41) is 9.38. The second-order valence-electron chi connectivity index (χ2n) is 7.67. The summed E-state index contributed by atoms with van der Waals surface area (Å²) in [4.78, 5) is 38.5. The average Bonchev–Trinajstić information content (AvgIpc) is 3.52. The number of aromatic nitrogens is 1. The number of nitrogens with one attached hydrogen (secondary N) is 2. The molecule has 0 bridgehead atoms. The minimum absolute atomic E-state index is 0.0505. The highest BCUT2D eigenvalue weighted by Crippen LogP contribution is 2.26. The molecule has 1 aromatic heterocycles. The predicted octanol–water partition coefficient (Wildman–Crippen LogP) is 2.84. The lowest BCUT2D eigenvalue weighted by Gasteiger charge is -2.18. The van der Waals surface area contributed by atoms with E-state index in [2.05, 4.69) is 15.8 Å². The molecule has 0 spiro atoms. The molecule has 0 saturated heterocycles. The van der Waals surface area contributed by atoms with Gasteiger partial charge < -0.3 is 15.2 Å². The van der Waals surface area contributed by atoms with Crippen LogP contribution in [-0.4, -0.2) is 34.8 Å². The SMILES string of the molecule is Cc1noc(-c2ccccc2)c1C(=O)NC(Cc1ccccc1)C(=O)C(=O)NC1CC1. The summed E-state index contributed by atoms with van der Waals surface area (Å²) < 4.78 is 5.40. The Labute approximate surface area is 179 Å². The molecule has 1 unspecified atom stereocenters. The number of ketones is 1. The van der Waals surface area contributed by atoms with Crippen molar-refractivity contribution in [3.05, 3.63) is 77.5 Å². The van der Waals surface area contributed by atoms with Crippen LogP contribution in [0.5, 0.6) is 0 Å². The zero-order chi connectivity index (χ0) is 21.8. The molecule has 4 rings (SSSR count). The predicted molar refractivity (Wildman–Crippen MR) is 114 cm³/mol. The van der Waals surface area contributed by atoms with Crippen molar-refractivity contribution in [1.82, 2.24) is 15.8 Å². The number of hydrogen-bond donors (Lipinski definition) is 2. The molecule has 1 fully saturated rings. The van der Waals surface area contributed by atoms with Gasteiger partial charge in [-0.15, -0.1) is 0 Å². The van der Waals surface area contributed by atoms with E-state index in [9.17, 15) is 14.4 Å². The molecular formula is C24H23N3O4. The summed E-state index contributed by atoms with van der Waals surface area (Å²) >= 11 is 0. The molecule has 158 valence electrons. The van der Waals surface area contributed by atoms with Crippen LogP contribution in [0.3, 0.4) is 0 Å². The van der Waals surface area contributed by atoms with E-state index in [0.29, 0.717) is 17.0 Å². The van der Waals surface area contributed by atoms with E-state index in [1.807, 2.05) is 60.7 Å². The lowest BCUT2D eigenvalue weighted by molar-refractivity contribution is -0.139. The van der Waals surface area contributed by atoms with Crippen LogP contribution in [0, 0.1) is 6.92 Å². The number of nitrogens with zero attached hydrogens (tertiary/aromatic N) is 1. The molecule has 1 aliphatic carbocycles. The van der Waals surface area contributed by atoms with Gasteiger partial charge in [0, 0.05) is 18.0 Å². The fraction of sp³-hybridized carbons (Fsp3) is 0.250. The summed E-state index contributed by atoms with van der Waals surface area (Å²) in [5.74, 6) is -1.52. The lowest BCUT2D eigenvalue weighted by atomic mass is 10.0. The normalized spacial score (nSPS) is 14.0. The topological polar surface area (TPSA) is 101 Å². The van der Waals surface area contributed by atoms with Gasteiger partial charge in [-0.1, -0.05) is 65.8 Å². The monoisotopic (exact) mass is 417 g/mol. The average molecular weight is 417 g/mol. The fourth-order valence-corrected chi connectivity index (χ4v) is 3.36. The Morgan fingerprint density at radius 2 is 1.68 bits per heavy atom. The van der Waals surface area contributed by atoms with Gasteiger partial charge in [0.05, 0.1) is 5.69 Å². The van der Waals surface area contributed by atoms with Crippen LogP contribution in [0.25, 0.3) is 11.3 Å². The molecule has 0 radical (unpaired) electrons. The number of amides is 2. The largest absolute Gasteiger partial charge is 0.355 e. The van der Waals surface area contributed by atoms with Gasteiger partial charge >= 0.3 is 0 Å². The molecule has 7 heteroatoms. The van der Waals surface area contributed by atoms with Crippen LogP contribution in [0.2, 0.25) is 0 Å². The summed E-state index contributed by atoms with van der Waals surface area (Å²) in [7, 11) is 0. The molecule has 2 N–H and O–H groups in total. The van der Waals surface area contributed by atoms with Crippen LogP contribution < -0.4 is 10.6 Å². The Hall–Kier alpha value is -3.74. The Morgan fingerprint density at radius 3 is 2.32 bits per heavy atom. The van der Waals surface area contributed by atoms with Gasteiger partial charge in [-0.3, -0.25) is 14.4 Å². The molecule has 1 aliphatic rings. The standard InChI is InChI=1S/C24H23N3O4/c1-15-20(22(31-27-15)17-10-6-3-7-11-17)23(29)26-19(14-16-8-4-2-5-9-16)21(28)24(30)25-18-12-13-18/h2-11,18-19H,12-14H2,1H3,(H,25,30)(H,26,29). The summed E-state index contributed by atoms with van der Waals surface area (Å²) in [6, 6.07) is 17.5. The van der Waals surface area contributed by atoms with E-state index in [0.717, 1.165) is 18.4 Å². The first-order valence-corrected chi connectivity index (χ1v) is 10.2. The van der Waals surface area contributed by atoms with Crippen molar-refractivity contribution in [3.8, 4) is 11.3 Å². The molecular weight excluding hydrogens is 394 g/mol. The van der Waals surface area contributed by atoms with Crippen molar-refractivity contribution in [2.45, 2.75) is 38.3 Å². The zero-order valence-electron chi connectivity index (χ0n) is 17.1. The van der Waals surface area contributed by atoms with Crippen LogP contribution in [0.4, 0.5) is 0 Å². The molecule has 1 heterocycles. The number of hydrogen-bond acceptors (Lipinski definition) is 5. The van der Waals surface area contributed by atoms with Gasteiger partial charge in [0.15, 0.2) is 5.76 Å². The molecule has 31 heavy (non-hydrogen) atoms. The number of carbonyl (C=O) groups is 3. The second kappa shape index (κ2) is 8.95. The lowest BCUT2D eigenvalue weighted by Crippen LogP contribution is -2.49. The van der Waals surface area contributed by atoms with Gasteiger partial charge in [-0.05, 0) is 25.3 Å². The van der Waals surface area contributed by atoms with Crippen molar-refractivity contribution in [3.63, 3.8) is 0 Å². The number of benzene rings is 2. The van der Waals surface area contributed by atoms with Crippen molar-refractivity contribution in [2.24, 2.45) is 0 Å². The molecule has 1 saturated carbocycles. The first-order valence-electron chi connectivity index (χ1n) is 10.2. The maximum absolute atomic E-state index is 13.2. The van der Waals surface area contributed by atoms with Crippen molar-refractivity contribution >= 4 is 17.6 Å². The van der Waals surface area contributed by atoms with Crippen LogP contribution in [-0.2, 0) is 16.0 Å². The van der Waals surface area contributed by atoms with Gasteiger partial charge in [0.1, 0.15) is 11.6 Å². The Balaban J connectivity index is 1.59. The number of rotatable bonds is 8. The zero-order valence-corrected chi connectivity index (χ0v) is 17.1. The molecule has 7 nitrogen and oxygen atoms in total. The summed E-state index contributed by atoms with van der Waals surface area (Å²) in [6.45, 7) is 1.67. The maximum Gasteiger partial charge on any atom is 0.289 e. The van der Waals surface area contributed by atoms with E-state index in [1.165, 1.54) is 0 Å². The fourth-order valence-electron chi connectivity index (χ4n) is 3.36. The Kier molecular flexibility index (Phi) is 5.93. The van der Waals surface area contributed by atoms with Gasteiger partial charge in [-0.2, -0.15) is 0 Å². The third-order valence-electron chi connectivity index (χ3n) is 5.17. The molecule has 1 atom stereocenters. The molecule has 0 aliphatic heterocycles. The number of carbonyl (C=O) groups excluding carboxylic acids is 3. The third kappa shape index (κ3) is 4.88. The number of aryl methyl sites for hydroxylation is 1. The quantitative estimate of drug-likeness (QED) is 0.549. The van der Waals surface area contributed by atoms with E-state index in [-0.39, 0.29) is 18.0 Å².